The summed E-state index contributed by atoms with van der Waals surface area (Å²) in [4.78, 5) is 15.1. The van der Waals surface area contributed by atoms with Crippen molar-refractivity contribution in [3.05, 3.63) is 60.8 Å². The Hall–Kier alpha value is -4.12. The van der Waals surface area contributed by atoms with Gasteiger partial charge in [-0.1, -0.05) is 12.1 Å². The van der Waals surface area contributed by atoms with Gasteiger partial charge >= 0.3 is 0 Å². The van der Waals surface area contributed by atoms with Crippen LogP contribution >= 0.6 is 0 Å². The van der Waals surface area contributed by atoms with Crippen LogP contribution in [-0.4, -0.2) is 51.7 Å². The summed E-state index contributed by atoms with van der Waals surface area (Å²) in [5.74, 6) is 2.01. The van der Waals surface area contributed by atoms with Crippen molar-refractivity contribution in [1.29, 1.82) is 0 Å². The monoisotopic (exact) mass is 480 g/mol. The number of rotatable bonds is 8. The van der Waals surface area contributed by atoms with E-state index >= 15 is 0 Å². The molecule has 2 heterocycles. The Labute approximate surface area is 197 Å². The van der Waals surface area contributed by atoms with Crippen molar-refractivity contribution in [2.24, 2.45) is 0 Å². The fraction of sp³-hybridized carbons (Fsp3) is 0.174. The number of para-hydroxylation sites is 2. The van der Waals surface area contributed by atoms with Crippen molar-refractivity contribution < 1.29 is 17.9 Å². The minimum atomic E-state index is -3.99. The lowest BCUT2D eigenvalue weighted by Crippen LogP contribution is -2.17. The molecule has 10 nitrogen and oxygen atoms in total. The Morgan fingerprint density at radius 1 is 0.853 bits per heavy atom. The number of anilines is 4. The summed E-state index contributed by atoms with van der Waals surface area (Å²) in [6.45, 7) is 0. The topological polar surface area (TPSA) is 119 Å². The average Bonchev–Trinajstić information content (AvgIpc) is 2.84. The molecular weight excluding hydrogens is 456 g/mol. The molecule has 0 bridgehead atoms. The molecule has 4 aromatic rings. The highest BCUT2D eigenvalue weighted by Gasteiger charge is 2.20. The maximum Gasteiger partial charge on any atom is 0.264 e. The van der Waals surface area contributed by atoms with E-state index < -0.39 is 10.0 Å². The van der Waals surface area contributed by atoms with Crippen LogP contribution in [0.4, 0.5) is 23.1 Å². The third-order valence-corrected chi connectivity index (χ3v) is 6.23. The van der Waals surface area contributed by atoms with E-state index in [2.05, 4.69) is 25.0 Å². The number of hydrogen-bond acceptors (Lipinski definition) is 9. The van der Waals surface area contributed by atoms with Gasteiger partial charge in [-0.2, -0.15) is 0 Å². The lowest BCUT2D eigenvalue weighted by atomic mass is 10.2. The summed E-state index contributed by atoms with van der Waals surface area (Å²) in [6, 6.07) is 15.5. The summed E-state index contributed by atoms with van der Waals surface area (Å²) in [7, 11) is 2.75. The summed E-state index contributed by atoms with van der Waals surface area (Å²) >= 11 is 0. The van der Waals surface area contributed by atoms with Gasteiger partial charge in [0.15, 0.2) is 11.6 Å². The second-order valence-corrected chi connectivity index (χ2v) is 9.17. The molecule has 2 N–H and O–H groups in total. The Morgan fingerprint density at radius 2 is 1.47 bits per heavy atom. The Bertz CT molecular complexity index is 1400. The number of nitrogens with one attached hydrogen (secondary N) is 2. The third kappa shape index (κ3) is 4.94. The van der Waals surface area contributed by atoms with Crippen molar-refractivity contribution in [3.63, 3.8) is 0 Å². The fourth-order valence-electron chi connectivity index (χ4n) is 3.16. The largest absolute Gasteiger partial charge is 0.497 e. The van der Waals surface area contributed by atoms with Crippen molar-refractivity contribution in [2.75, 3.05) is 43.3 Å². The first-order valence-corrected chi connectivity index (χ1v) is 11.7. The van der Waals surface area contributed by atoms with Gasteiger partial charge in [0.2, 0.25) is 0 Å². The molecule has 11 heteroatoms. The Morgan fingerprint density at radius 3 is 2.00 bits per heavy atom. The van der Waals surface area contributed by atoms with Gasteiger partial charge < -0.3 is 19.7 Å². The number of nitrogens with zero attached hydrogens (tertiary/aromatic N) is 4. The van der Waals surface area contributed by atoms with Crippen LogP contribution in [0.5, 0.6) is 11.5 Å². The maximum atomic E-state index is 13.1. The van der Waals surface area contributed by atoms with E-state index in [-0.39, 0.29) is 16.5 Å². The zero-order valence-electron chi connectivity index (χ0n) is 19.1. The zero-order valence-corrected chi connectivity index (χ0v) is 19.9. The summed E-state index contributed by atoms with van der Waals surface area (Å²) in [5.41, 5.74) is 1.72. The highest BCUT2D eigenvalue weighted by atomic mass is 32.2. The van der Waals surface area contributed by atoms with Crippen LogP contribution in [0.1, 0.15) is 0 Å². The summed E-state index contributed by atoms with van der Waals surface area (Å²) in [6.07, 6.45) is 1.30. The molecule has 0 saturated heterocycles. The first-order valence-electron chi connectivity index (χ1n) is 10.2. The van der Waals surface area contributed by atoms with Crippen LogP contribution in [0, 0.1) is 0 Å². The highest BCUT2D eigenvalue weighted by molar-refractivity contribution is 7.92. The SMILES string of the molecule is COc1cc(Nc2nc3ccccc3nc2NS(=O)(=O)c2ccc(N(C)C)nc2)cc(OC)c1. The predicted octanol–water partition coefficient (Wildman–Crippen LogP) is 3.65. The van der Waals surface area contributed by atoms with Crippen LogP contribution in [0.3, 0.4) is 0 Å². The predicted molar refractivity (Wildman–Crippen MR) is 132 cm³/mol. The van der Waals surface area contributed by atoms with E-state index in [0.717, 1.165) is 0 Å². The molecule has 0 spiro atoms. The van der Waals surface area contributed by atoms with Crippen molar-refractivity contribution in [2.45, 2.75) is 4.90 Å². The molecule has 2 aromatic heterocycles. The molecule has 2 aromatic carbocycles. The van der Waals surface area contributed by atoms with E-state index in [1.54, 1.807) is 61.6 Å². The molecule has 0 radical (unpaired) electrons. The molecule has 0 fully saturated rings. The molecule has 4 rings (SSSR count). The number of benzene rings is 2. The number of pyridine rings is 1. The number of aromatic nitrogens is 3. The van der Waals surface area contributed by atoms with Gasteiger partial charge in [0.25, 0.3) is 10.0 Å². The minimum Gasteiger partial charge on any atom is -0.497 e. The molecule has 0 atom stereocenters. The lowest BCUT2D eigenvalue weighted by Gasteiger charge is -2.15. The number of sulfonamides is 1. The lowest BCUT2D eigenvalue weighted by molar-refractivity contribution is 0.395. The van der Waals surface area contributed by atoms with E-state index in [1.807, 2.05) is 20.2 Å². The second kappa shape index (κ2) is 9.40. The minimum absolute atomic E-state index is 0.00191. The molecule has 0 unspecified atom stereocenters. The zero-order chi connectivity index (χ0) is 24.3. The molecule has 0 amide bonds. The number of hydrogen-bond donors (Lipinski definition) is 2. The molecule has 0 aliphatic heterocycles. The summed E-state index contributed by atoms with van der Waals surface area (Å²) in [5, 5.41) is 3.13. The molecule has 0 saturated carbocycles. The smallest absolute Gasteiger partial charge is 0.264 e. The van der Waals surface area contributed by atoms with Crippen LogP contribution in [-0.2, 0) is 10.0 Å². The third-order valence-electron chi connectivity index (χ3n) is 4.90. The second-order valence-electron chi connectivity index (χ2n) is 7.49. The van der Waals surface area contributed by atoms with E-state index in [4.69, 9.17) is 9.47 Å². The standard InChI is InChI=1S/C23H24N6O4S/c1-29(2)21-10-9-18(14-24-21)34(30,31)28-23-22(26-19-7-5-6-8-20(19)27-23)25-15-11-16(32-3)13-17(12-15)33-4/h5-14H,1-4H3,(H,25,26)(H,27,28). The summed E-state index contributed by atoms with van der Waals surface area (Å²) < 4.78 is 39.4. The fourth-order valence-corrected chi connectivity index (χ4v) is 4.11. The number of methoxy groups -OCH3 is 2. The van der Waals surface area contributed by atoms with Gasteiger partial charge in [0.05, 0.1) is 25.3 Å². The van der Waals surface area contributed by atoms with Gasteiger partial charge in [-0.05, 0) is 24.3 Å². The Kier molecular flexibility index (Phi) is 6.37. The molecule has 34 heavy (non-hydrogen) atoms. The highest BCUT2D eigenvalue weighted by Crippen LogP contribution is 2.31. The molecule has 0 aliphatic rings. The van der Waals surface area contributed by atoms with Gasteiger partial charge in [-0.3, -0.25) is 4.72 Å². The quantitative estimate of drug-likeness (QED) is 0.389. The first kappa shape index (κ1) is 23.1. The van der Waals surface area contributed by atoms with Crippen molar-refractivity contribution in [3.8, 4) is 11.5 Å². The van der Waals surface area contributed by atoms with Crippen LogP contribution in [0.15, 0.2) is 65.7 Å². The number of fused-ring (bicyclic) bond motifs is 1. The van der Waals surface area contributed by atoms with Crippen LogP contribution in [0.2, 0.25) is 0 Å². The Balaban J connectivity index is 1.75. The van der Waals surface area contributed by atoms with E-state index in [0.29, 0.717) is 34.0 Å². The van der Waals surface area contributed by atoms with Crippen molar-refractivity contribution in [1.82, 2.24) is 15.0 Å². The van der Waals surface area contributed by atoms with E-state index in [9.17, 15) is 8.42 Å². The number of ether oxygens (including phenoxy) is 2. The first-order chi connectivity index (χ1) is 16.3. The average molecular weight is 481 g/mol. The maximum absolute atomic E-state index is 13.1. The normalized spacial score (nSPS) is 11.2. The molecule has 0 aliphatic carbocycles. The van der Waals surface area contributed by atoms with E-state index in [1.165, 1.54) is 12.3 Å². The molecular formula is C23H24N6O4S. The van der Waals surface area contributed by atoms with Gasteiger partial charge in [-0.15, -0.1) is 0 Å². The molecule has 176 valence electrons. The van der Waals surface area contributed by atoms with Crippen LogP contribution in [0.25, 0.3) is 11.0 Å². The van der Waals surface area contributed by atoms with Crippen molar-refractivity contribution >= 4 is 44.2 Å². The van der Waals surface area contributed by atoms with Crippen LogP contribution < -0.4 is 24.4 Å². The van der Waals surface area contributed by atoms with Gasteiger partial charge in [-0.25, -0.2) is 23.4 Å². The van der Waals surface area contributed by atoms with Gasteiger partial charge in [0, 0.05) is 44.2 Å². The van der Waals surface area contributed by atoms with Gasteiger partial charge in [0.1, 0.15) is 22.2 Å².